The molecule has 1 unspecified atom stereocenters. The van der Waals surface area contributed by atoms with Crippen LogP contribution in [0.4, 0.5) is 35.7 Å². The van der Waals surface area contributed by atoms with Crippen LogP contribution in [-0.2, 0) is 17.6 Å². The van der Waals surface area contributed by atoms with Crippen molar-refractivity contribution in [2.45, 2.75) is 64.5 Å². The summed E-state index contributed by atoms with van der Waals surface area (Å²) in [6.07, 6.45) is -4.12. The van der Waals surface area contributed by atoms with Gasteiger partial charge in [-0.2, -0.15) is 36.0 Å². The van der Waals surface area contributed by atoms with Crippen molar-refractivity contribution in [2.24, 2.45) is 11.3 Å². The van der Waals surface area contributed by atoms with Crippen molar-refractivity contribution >= 4 is 22.2 Å². The van der Waals surface area contributed by atoms with E-state index in [0.29, 0.717) is 29.7 Å². The third kappa shape index (κ3) is 3.96. The van der Waals surface area contributed by atoms with Gasteiger partial charge in [0, 0.05) is 4.88 Å². The predicted octanol–water partition coefficient (Wildman–Crippen LogP) is 5.93. The fourth-order valence-corrected chi connectivity index (χ4v) is 4.52. The largest absolute Gasteiger partial charge is 0.460 e. The van der Waals surface area contributed by atoms with Crippen LogP contribution in [0, 0.1) is 22.7 Å². The molecular weight excluding hydrogens is 425 g/mol. The molecule has 0 aromatic carbocycles. The highest BCUT2D eigenvalue weighted by Gasteiger charge is 2.76. The van der Waals surface area contributed by atoms with Gasteiger partial charge in [-0.05, 0) is 36.2 Å². The number of amides is 1. The summed E-state index contributed by atoms with van der Waals surface area (Å²) in [6, 6.07) is 1.74. The van der Waals surface area contributed by atoms with Crippen molar-refractivity contribution in [1.29, 1.82) is 5.26 Å². The molecule has 1 amide bonds. The summed E-state index contributed by atoms with van der Waals surface area (Å²) in [5, 5.41) is 10.3. The molecule has 1 aromatic rings. The summed E-state index contributed by atoms with van der Waals surface area (Å²) in [5.74, 6) is -15.2. The molecule has 0 radical (unpaired) electrons. The quantitative estimate of drug-likeness (QED) is 0.572. The molecule has 1 N–H and O–H groups in total. The van der Waals surface area contributed by atoms with Crippen LogP contribution < -0.4 is 5.32 Å². The summed E-state index contributed by atoms with van der Waals surface area (Å²) in [7, 11) is 0. The summed E-state index contributed by atoms with van der Waals surface area (Å²) in [6.45, 7) is 6.13. The standard InChI is InChI=1S/C18H19F7N2OS/c1-4-15(2,3)9-5-6-10-11(8-26)13(29-12(10)7-9)27-14(28)16(19,20)17(21,22)18(23,24)25/h9H,4-7H2,1-3H3,(H,27,28). The Labute approximate surface area is 166 Å². The van der Waals surface area contributed by atoms with Gasteiger partial charge in [0.05, 0.1) is 5.56 Å². The number of nitriles is 1. The molecule has 3 nitrogen and oxygen atoms in total. The third-order valence-electron chi connectivity index (χ3n) is 5.66. The topological polar surface area (TPSA) is 52.9 Å². The number of hydrogen-bond acceptors (Lipinski definition) is 3. The number of nitrogens with one attached hydrogen (secondary N) is 1. The Morgan fingerprint density at radius 3 is 2.28 bits per heavy atom. The lowest BCUT2D eigenvalue weighted by Gasteiger charge is -2.36. The summed E-state index contributed by atoms with van der Waals surface area (Å²) < 4.78 is 90.3. The van der Waals surface area contributed by atoms with Gasteiger partial charge in [0.2, 0.25) is 0 Å². The Morgan fingerprint density at radius 1 is 1.21 bits per heavy atom. The minimum Gasteiger partial charge on any atom is -0.311 e. The van der Waals surface area contributed by atoms with Crippen molar-refractivity contribution in [2.75, 3.05) is 5.32 Å². The van der Waals surface area contributed by atoms with E-state index in [0.717, 1.165) is 17.8 Å². The third-order valence-corrected chi connectivity index (χ3v) is 6.83. The van der Waals surface area contributed by atoms with Gasteiger partial charge >= 0.3 is 23.9 Å². The van der Waals surface area contributed by atoms with Gasteiger partial charge in [-0.1, -0.05) is 27.2 Å². The van der Waals surface area contributed by atoms with Crippen LogP contribution in [0.1, 0.15) is 49.6 Å². The van der Waals surface area contributed by atoms with Gasteiger partial charge in [0.1, 0.15) is 11.1 Å². The highest BCUT2D eigenvalue weighted by molar-refractivity contribution is 7.16. The van der Waals surface area contributed by atoms with Crippen LogP contribution in [0.2, 0.25) is 0 Å². The summed E-state index contributed by atoms with van der Waals surface area (Å²) >= 11 is 0.766. The van der Waals surface area contributed by atoms with Crippen molar-refractivity contribution in [3.05, 3.63) is 16.0 Å². The van der Waals surface area contributed by atoms with Crippen LogP contribution >= 0.6 is 11.3 Å². The van der Waals surface area contributed by atoms with Gasteiger partial charge in [-0.25, -0.2) is 0 Å². The average Bonchev–Trinajstić information content (AvgIpc) is 2.96. The van der Waals surface area contributed by atoms with E-state index in [1.807, 2.05) is 6.92 Å². The van der Waals surface area contributed by atoms with Crippen LogP contribution in [0.5, 0.6) is 0 Å². The van der Waals surface area contributed by atoms with Gasteiger partial charge in [-0.3, -0.25) is 4.79 Å². The Bertz CT molecular complexity index is 836. The van der Waals surface area contributed by atoms with Crippen molar-refractivity contribution in [3.8, 4) is 6.07 Å². The highest BCUT2D eigenvalue weighted by atomic mass is 32.1. The zero-order valence-electron chi connectivity index (χ0n) is 15.8. The lowest BCUT2D eigenvalue weighted by Crippen LogP contribution is -2.57. The number of carbonyl (C=O) groups is 1. The van der Waals surface area contributed by atoms with Crippen molar-refractivity contribution in [1.82, 2.24) is 0 Å². The average molecular weight is 444 g/mol. The SMILES string of the molecule is CCC(C)(C)C1CCc2c(sc(NC(=O)C(F)(F)C(F)(F)C(F)(F)F)c2C#N)C1. The second kappa shape index (κ2) is 7.45. The van der Waals surface area contributed by atoms with E-state index in [1.54, 1.807) is 6.07 Å². The van der Waals surface area contributed by atoms with E-state index in [1.165, 1.54) is 5.32 Å². The zero-order chi connectivity index (χ0) is 22.4. The molecule has 1 aliphatic carbocycles. The first kappa shape index (κ1) is 23.4. The minimum atomic E-state index is -6.61. The Balaban J connectivity index is 2.34. The number of fused-ring (bicyclic) bond motifs is 1. The maximum atomic E-state index is 13.6. The van der Waals surface area contributed by atoms with E-state index in [9.17, 15) is 40.8 Å². The zero-order valence-corrected chi connectivity index (χ0v) is 16.6. The van der Waals surface area contributed by atoms with Crippen LogP contribution in [-0.4, -0.2) is 23.9 Å². The Kier molecular flexibility index (Phi) is 6.03. The maximum absolute atomic E-state index is 13.6. The maximum Gasteiger partial charge on any atom is 0.460 e. The fourth-order valence-electron chi connectivity index (χ4n) is 3.25. The molecule has 1 heterocycles. The molecule has 11 heteroatoms. The van der Waals surface area contributed by atoms with Gasteiger partial charge in [0.15, 0.2) is 0 Å². The number of carbonyl (C=O) groups excluding carboxylic acids is 1. The Morgan fingerprint density at radius 2 is 1.79 bits per heavy atom. The lowest BCUT2D eigenvalue weighted by atomic mass is 9.69. The normalized spacial score (nSPS) is 18.2. The molecule has 0 aliphatic heterocycles. The predicted molar refractivity (Wildman–Crippen MR) is 93.2 cm³/mol. The molecule has 1 atom stereocenters. The van der Waals surface area contributed by atoms with E-state index in [4.69, 9.17) is 0 Å². The van der Waals surface area contributed by atoms with Crippen LogP contribution in [0.15, 0.2) is 0 Å². The molecule has 1 aliphatic rings. The molecule has 2 rings (SSSR count). The highest BCUT2D eigenvalue weighted by Crippen LogP contribution is 2.48. The first-order valence-corrected chi connectivity index (χ1v) is 9.60. The van der Waals surface area contributed by atoms with Gasteiger partial charge in [-0.15, -0.1) is 11.3 Å². The number of thiophene rings is 1. The molecule has 29 heavy (non-hydrogen) atoms. The minimum absolute atomic E-state index is 0.0420. The number of rotatable bonds is 5. The second-order valence-electron chi connectivity index (χ2n) is 7.70. The van der Waals surface area contributed by atoms with Crippen molar-refractivity contribution in [3.63, 3.8) is 0 Å². The number of alkyl halides is 7. The van der Waals surface area contributed by atoms with E-state index in [2.05, 4.69) is 13.8 Å². The second-order valence-corrected chi connectivity index (χ2v) is 8.81. The number of hydrogen-bond donors (Lipinski definition) is 1. The van der Waals surface area contributed by atoms with E-state index < -0.39 is 28.9 Å². The molecular formula is C18H19F7N2OS. The molecule has 0 saturated carbocycles. The van der Waals surface area contributed by atoms with Gasteiger partial charge < -0.3 is 5.32 Å². The molecule has 0 fully saturated rings. The van der Waals surface area contributed by atoms with Crippen molar-refractivity contribution < 1.29 is 35.5 Å². The molecule has 162 valence electrons. The first-order chi connectivity index (χ1) is 13.1. The summed E-state index contributed by atoms with van der Waals surface area (Å²) in [4.78, 5) is 12.3. The first-order valence-electron chi connectivity index (χ1n) is 8.78. The smallest absolute Gasteiger partial charge is 0.311 e. The number of nitrogens with zero attached hydrogens (tertiary/aromatic N) is 1. The number of anilines is 1. The Hall–Kier alpha value is -1.83. The molecule has 0 spiro atoms. The molecule has 0 saturated heterocycles. The van der Waals surface area contributed by atoms with Gasteiger partial charge in [0.25, 0.3) is 0 Å². The number of halogens is 7. The van der Waals surface area contributed by atoms with Crippen LogP contribution in [0.25, 0.3) is 0 Å². The van der Waals surface area contributed by atoms with E-state index in [-0.39, 0.29) is 16.9 Å². The monoisotopic (exact) mass is 444 g/mol. The summed E-state index contributed by atoms with van der Waals surface area (Å²) in [5.41, 5.74) is 0.304. The fraction of sp³-hybridized carbons (Fsp3) is 0.667. The lowest BCUT2D eigenvalue weighted by molar-refractivity contribution is -0.343. The molecule has 0 bridgehead atoms. The molecule has 1 aromatic heterocycles. The van der Waals surface area contributed by atoms with E-state index >= 15 is 0 Å². The van der Waals surface area contributed by atoms with Crippen LogP contribution in [0.3, 0.4) is 0 Å².